The van der Waals surface area contributed by atoms with Crippen molar-refractivity contribution in [3.63, 3.8) is 0 Å². The molecule has 25 heavy (non-hydrogen) atoms. The van der Waals surface area contributed by atoms with Gasteiger partial charge in [0.15, 0.2) is 0 Å². The van der Waals surface area contributed by atoms with Crippen molar-refractivity contribution in [1.29, 1.82) is 0 Å². The lowest BCUT2D eigenvalue weighted by Gasteiger charge is -2.33. The molecular formula is C19H24N6. The van der Waals surface area contributed by atoms with Crippen molar-refractivity contribution in [2.45, 2.75) is 39.3 Å². The second-order valence-corrected chi connectivity index (χ2v) is 6.63. The molecule has 6 heteroatoms. The van der Waals surface area contributed by atoms with Gasteiger partial charge < -0.3 is 10.6 Å². The van der Waals surface area contributed by atoms with E-state index in [0.29, 0.717) is 6.54 Å². The highest BCUT2D eigenvalue weighted by atomic mass is 15.2. The van der Waals surface area contributed by atoms with Crippen molar-refractivity contribution in [2.75, 3.05) is 18.0 Å². The zero-order chi connectivity index (χ0) is 17.8. The van der Waals surface area contributed by atoms with Gasteiger partial charge in [0.05, 0.1) is 6.04 Å². The van der Waals surface area contributed by atoms with Crippen LogP contribution in [0.3, 0.4) is 0 Å². The van der Waals surface area contributed by atoms with Crippen molar-refractivity contribution >= 4 is 5.69 Å². The Morgan fingerprint density at radius 3 is 2.72 bits per heavy atom. The third kappa shape index (κ3) is 3.92. The van der Waals surface area contributed by atoms with E-state index in [9.17, 15) is 0 Å². The van der Waals surface area contributed by atoms with Gasteiger partial charge >= 0.3 is 0 Å². The highest BCUT2D eigenvalue weighted by Crippen LogP contribution is 2.30. The molecule has 1 aromatic heterocycles. The van der Waals surface area contributed by atoms with Gasteiger partial charge in [-0.1, -0.05) is 11.2 Å². The Morgan fingerprint density at radius 1 is 1.28 bits per heavy atom. The minimum atomic E-state index is 0.0465. The van der Waals surface area contributed by atoms with Crippen LogP contribution in [0, 0.1) is 13.8 Å². The molecule has 1 unspecified atom stereocenters. The largest absolute Gasteiger partial charge is 0.371 e. The monoisotopic (exact) mass is 336 g/mol. The van der Waals surface area contributed by atoms with Crippen LogP contribution >= 0.6 is 0 Å². The summed E-state index contributed by atoms with van der Waals surface area (Å²) in [7, 11) is 0. The number of benzene rings is 1. The Balaban J connectivity index is 1.93. The Bertz CT molecular complexity index is 789. The average Bonchev–Trinajstić information content (AvgIpc) is 2.61. The van der Waals surface area contributed by atoms with Crippen LogP contribution in [0.4, 0.5) is 5.69 Å². The Hall–Kier alpha value is -2.56. The smallest absolute Gasteiger partial charge is 0.0550 e. The van der Waals surface area contributed by atoms with E-state index in [4.69, 9.17) is 11.3 Å². The van der Waals surface area contributed by atoms with E-state index in [1.54, 1.807) is 0 Å². The van der Waals surface area contributed by atoms with Gasteiger partial charge in [-0.2, -0.15) is 0 Å². The number of hydrogen-bond acceptors (Lipinski definition) is 4. The number of pyridine rings is 1. The van der Waals surface area contributed by atoms with Crippen LogP contribution < -0.4 is 10.6 Å². The second kappa shape index (κ2) is 7.55. The summed E-state index contributed by atoms with van der Waals surface area (Å²) in [6.45, 7) is 6.25. The molecule has 1 aliphatic heterocycles. The van der Waals surface area contributed by atoms with Gasteiger partial charge in [-0.15, -0.1) is 0 Å². The number of aromatic nitrogens is 1. The van der Waals surface area contributed by atoms with Crippen molar-refractivity contribution in [2.24, 2.45) is 10.8 Å². The summed E-state index contributed by atoms with van der Waals surface area (Å²) in [5.41, 5.74) is 21.3. The number of nitrogens with zero attached hydrogens (tertiary/aromatic N) is 5. The van der Waals surface area contributed by atoms with Gasteiger partial charge in [-0.05, 0) is 73.2 Å². The lowest BCUT2D eigenvalue weighted by atomic mass is 9.97. The van der Waals surface area contributed by atoms with E-state index in [1.165, 1.54) is 0 Å². The maximum atomic E-state index is 8.68. The predicted molar refractivity (Wildman–Crippen MR) is 101 cm³/mol. The molecule has 1 aliphatic rings. The van der Waals surface area contributed by atoms with Crippen LogP contribution in [0.25, 0.3) is 21.6 Å². The van der Waals surface area contributed by atoms with Crippen LogP contribution in [0.5, 0.6) is 0 Å². The minimum Gasteiger partial charge on any atom is -0.371 e. The third-order valence-electron chi connectivity index (χ3n) is 4.68. The van der Waals surface area contributed by atoms with Crippen LogP contribution in [0.1, 0.15) is 29.8 Å². The summed E-state index contributed by atoms with van der Waals surface area (Å²) < 4.78 is 0. The molecule has 0 spiro atoms. The molecule has 0 saturated carbocycles. The quantitative estimate of drug-likeness (QED) is 0.517. The fourth-order valence-electron chi connectivity index (χ4n) is 3.57. The summed E-state index contributed by atoms with van der Waals surface area (Å²) in [6.07, 6.45) is 1.99. The molecule has 0 amide bonds. The first-order valence-electron chi connectivity index (χ1n) is 8.68. The second-order valence-electron chi connectivity index (χ2n) is 6.63. The van der Waals surface area contributed by atoms with E-state index in [2.05, 4.69) is 50.2 Å². The Morgan fingerprint density at radius 2 is 2.04 bits per heavy atom. The highest BCUT2D eigenvalue weighted by Gasteiger charge is 2.20. The number of aryl methyl sites for hydroxylation is 2. The van der Waals surface area contributed by atoms with E-state index in [-0.39, 0.29) is 6.04 Å². The molecular weight excluding hydrogens is 312 g/mol. The van der Waals surface area contributed by atoms with Gasteiger partial charge in [-0.3, -0.25) is 4.98 Å². The van der Waals surface area contributed by atoms with Crippen molar-refractivity contribution < 1.29 is 0 Å². The van der Waals surface area contributed by atoms with Crippen LogP contribution in [0.2, 0.25) is 0 Å². The van der Waals surface area contributed by atoms with Crippen LogP contribution in [0.15, 0.2) is 35.4 Å². The molecule has 0 aliphatic carbocycles. The molecule has 3 rings (SSSR count). The standard InChI is InChI=1S/C19H24N6/c1-13-8-15(9-14(2)22-13)19-6-5-18(10-16(19)11-20)25-7-3-4-17(12-25)23-24-21/h5-6,8-10,17H,3-4,7,11-12,20H2,1-2H3. The van der Waals surface area contributed by atoms with Crippen LogP contribution in [-0.4, -0.2) is 24.1 Å². The predicted octanol–water partition coefficient (Wildman–Crippen LogP) is 4.10. The van der Waals surface area contributed by atoms with E-state index in [1.807, 2.05) is 13.8 Å². The summed E-state index contributed by atoms with van der Waals surface area (Å²) in [5, 5.41) is 3.89. The molecule has 6 nitrogen and oxygen atoms in total. The number of anilines is 1. The zero-order valence-corrected chi connectivity index (χ0v) is 14.8. The Labute approximate surface area is 148 Å². The molecule has 130 valence electrons. The maximum absolute atomic E-state index is 8.68. The van der Waals surface area contributed by atoms with Crippen molar-refractivity contribution in [1.82, 2.24) is 4.98 Å². The molecule has 2 N–H and O–H groups in total. The van der Waals surface area contributed by atoms with E-state index in [0.717, 1.165) is 59.7 Å². The van der Waals surface area contributed by atoms with Gasteiger partial charge in [-0.25, -0.2) is 0 Å². The molecule has 0 radical (unpaired) electrons. The Kier molecular flexibility index (Phi) is 5.22. The molecule has 0 bridgehead atoms. The van der Waals surface area contributed by atoms with E-state index < -0.39 is 0 Å². The van der Waals surface area contributed by atoms with Gasteiger partial charge in [0.25, 0.3) is 0 Å². The first-order valence-corrected chi connectivity index (χ1v) is 8.68. The first-order chi connectivity index (χ1) is 12.1. The summed E-state index contributed by atoms with van der Waals surface area (Å²) in [4.78, 5) is 9.70. The molecule has 2 heterocycles. The first kappa shape index (κ1) is 17.3. The van der Waals surface area contributed by atoms with Crippen molar-refractivity contribution in [3.8, 4) is 11.1 Å². The lowest BCUT2D eigenvalue weighted by molar-refractivity contribution is 0.504. The van der Waals surface area contributed by atoms with Crippen molar-refractivity contribution in [3.05, 3.63) is 57.7 Å². The number of nitrogens with two attached hydrogens (primary N) is 1. The number of azide groups is 1. The molecule has 1 aromatic carbocycles. The molecule has 1 atom stereocenters. The fourth-order valence-corrected chi connectivity index (χ4v) is 3.57. The fraction of sp³-hybridized carbons (Fsp3) is 0.421. The van der Waals surface area contributed by atoms with Gasteiger partial charge in [0.2, 0.25) is 0 Å². The third-order valence-corrected chi connectivity index (χ3v) is 4.68. The molecule has 1 saturated heterocycles. The molecule has 2 aromatic rings. The normalized spacial score (nSPS) is 17.2. The minimum absolute atomic E-state index is 0.0465. The number of rotatable bonds is 4. The summed E-state index contributed by atoms with van der Waals surface area (Å²) >= 11 is 0. The van der Waals surface area contributed by atoms with Gasteiger partial charge in [0, 0.05) is 41.6 Å². The SMILES string of the molecule is Cc1cc(-c2ccc(N3CCCC(N=[N+]=[N-])C3)cc2CN)cc(C)n1. The molecule has 1 fully saturated rings. The van der Waals surface area contributed by atoms with E-state index >= 15 is 0 Å². The number of hydrogen-bond donors (Lipinski definition) is 1. The summed E-state index contributed by atoms with van der Waals surface area (Å²) in [5.74, 6) is 0. The lowest BCUT2D eigenvalue weighted by Crippen LogP contribution is -2.37. The number of piperidine rings is 1. The maximum Gasteiger partial charge on any atom is 0.0550 e. The highest BCUT2D eigenvalue weighted by molar-refractivity contribution is 5.71. The zero-order valence-electron chi connectivity index (χ0n) is 14.8. The topological polar surface area (TPSA) is 90.9 Å². The summed E-state index contributed by atoms with van der Waals surface area (Å²) in [6, 6.07) is 10.7. The van der Waals surface area contributed by atoms with Gasteiger partial charge in [0.1, 0.15) is 0 Å². The average molecular weight is 336 g/mol. The van der Waals surface area contributed by atoms with Crippen LogP contribution in [-0.2, 0) is 6.54 Å².